The number of benzene rings is 1. The second-order valence-electron chi connectivity index (χ2n) is 7.67. The number of methoxy groups -OCH3 is 1. The third-order valence-corrected chi connectivity index (χ3v) is 5.44. The van der Waals surface area contributed by atoms with Gasteiger partial charge in [-0.25, -0.2) is 0 Å². The minimum atomic E-state index is -0.374. The second-order valence-corrected chi connectivity index (χ2v) is 7.67. The van der Waals surface area contributed by atoms with Gasteiger partial charge in [-0.3, -0.25) is 20.4 Å². The SMILES string of the molecule is COc1cc(C(=O)NNC(=O)C[C@@H]2C[C@@H]3CC[C@@H]2C3)ccc1OC(C)C. The molecule has 2 fully saturated rings. The quantitative estimate of drug-likeness (QED) is 0.765. The smallest absolute Gasteiger partial charge is 0.269 e. The lowest BCUT2D eigenvalue weighted by Gasteiger charge is -2.21. The molecule has 0 saturated heterocycles. The number of carbonyl (C=O) groups excluding carboxylic acids is 2. The lowest BCUT2D eigenvalue weighted by atomic mass is 9.86. The zero-order valence-electron chi connectivity index (χ0n) is 15.7. The standard InChI is InChI=1S/C20H28N2O4/c1-12(2)26-17-7-6-15(10-18(17)25-3)20(24)22-21-19(23)11-16-9-13-4-5-14(16)8-13/h6-7,10,12-14,16H,4-5,8-9,11H2,1-3H3,(H,21,23)(H,22,24)/t13-,14-,16+/m1/s1. The summed E-state index contributed by atoms with van der Waals surface area (Å²) in [6.07, 6.45) is 5.49. The normalized spacial score (nSPS) is 23.8. The van der Waals surface area contributed by atoms with Crippen LogP contribution in [-0.4, -0.2) is 25.0 Å². The van der Waals surface area contributed by atoms with Crippen molar-refractivity contribution in [3.63, 3.8) is 0 Å². The Morgan fingerprint density at radius 3 is 2.58 bits per heavy atom. The average molecular weight is 360 g/mol. The maximum atomic E-state index is 12.3. The Balaban J connectivity index is 1.52. The van der Waals surface area contributed by atoms with Gasteiger partial charge in [0.05, 0.1) is 13.2 Å². The molecule has 0 heterocycles. The van der Waals surface area contributed by atoms with E-state index >= 15 is 0 Å². The summed E-state index contributed by atoms with van der Waals surface area (Å²) in [5.74, 6) is 2.55. The predicted octanol–water partition coefficient (Wildman–Crippen LogP) is 3.07. The van der Waals surface area contributed by atoms with Gasteiger partial charge >= 0.3 is 0 Å². The Morgan fingerprint density at radius 1 is 1.15 bits per heavy atom. The summed E-state index contributed by atoms with van der Waals surface area (Å²) in [6.45, 7) is 3.84. The Morgan fingerprint density at radius 2 is 1.96 bits per heavy atom. The highest BCUT2D eigenvalue weighted by molar-refractivity contribution is 5.96. The number of hydrogen-bond donors (Lipinski definition) is 2. The fourth-order valence-electron chi connectivity index (χ4n) is 4.27. The highest BCUT2D eigenvalue weighted by Gasteiger charge is 2.40. The van der Waals surface area contributed by atoms with Crippen LogP contribution >= 0.6 is 0 Å². The number of hydrazine groups is 1. The van der Waals surface area contributed by atoms with Gasteiger partial charge < -0.3 is 9.47 Å². The van der Waals surface area contributed by atoms with Crippen LogP contribution in [0.15, 0.2) is 18.2 Å². The van der Waals surface area contributed by atoms with Crippen molar-refractivity contribution in [2.45, 2.75) is 52.1 Å². The van der Waals surface area contributed by atoms with Crippen molar-refractivity contribution in [3.05, 3.63) is 23.8 Å². The van der Waals surface area contributed by atoms with Crippen LogP contribution in [0.2, 0.25) is 0 Å². The van der Waals surface area contributed by atoms with Gasteiger partial charge in [0, 0.05) is 12.0 Å². The number of ether oxygens (including phenoxy) is 2. The summed E-state index contributed by atoms with van der Waals surface area (Å²) in [4.78, 5) is 24.4. The van der Waals surface area contributed by atoms with Crippen molar-refractivity contribution in [3.8, 4) is 11.5 Å². The Bertz CT molecular complexity index is 674. The third kappa shape index (κ3) is 4.29. The van der Waals surface area contributed by atoms with Crippen molar-refractivity contribution in [2.24, 2.45) is 17.8 Å². The molecule has 2 amide bonds. The van der Waals surface area contributed by atoms with Crippen LogP contribution in [0.1, 0.15) is 56.3 Å². The van der Waals surface area contributed by atoms with Crippen LogP contribution < -0.4 is 20.3 Å². The third-order valence-electron chi connectivity index (χ3n) is 5.44. The van der Waals surface area contributed by atoms with Gasteiger partial charge in [0.1, 0.15) is 0 Å². The van der Waals surface area contributed by atoms with Crippen molar-refractivity contribution in [1.82, 2.24) is 10.9 Å². The highest BCUT2D eigenvalue weighted by atomic mass is 16.5. The summed E-state index contributed by atoms with van der Waals surface area (Å²) in [6, 6.07) is 4.96. The molecule has 0 aliphatic heterocycles. The van der Waals surface area contributed by atoms with Crippen molar-refractivity contribution >= 4 is 11.8 Å². The predicted molar refractivity (Wildman–Crippen MR) is 97.9 cm³/mol. The van der Waals surface area contributed by atoms with E-state index in [1.165, 1.54) is 26.4 Å². The van der Waals surface area contributed by atoms with Crippen LogP contribution in [-0.2, 0) is 4.79 Å². The zero-order valence-corrected chi connectivity index (χ0v) is 15.7. The maximum absolute atomic E-state index is 12.3. The van der Waals surface area contributed by atoms with Gasteiger partial charge in [0.15, 0.2) is 11.5 Å². The van der Waals surface area contributed by atoms with E-state index < -0.39 is 0 Å². The molecule has 0 spiro atoms. The van der Waals surface area contributed by atoms with Gasteiger partial charge in [-0.15, -0.1) is 0 Å². The monoisotopic (exact) mass is 360 g/mol. The molecule has 2 saturated carbocycles. The lowest BCUT2D eigenvalue weighted by Crippen LogP contribution is -2.42. The first-order valence-corrected chi connectivity index (χ1v) is 9.40. The number of nitrogens with one attached hydrogen (secondary N) is 2. The van der Waals surface area contributed by atoms with Gasteiger partial charge in [0.25, 0.3) is 5.91 Å². The molecule has 2 bridgehead atoms. The minimum Gasteiger partial charge on any atom is -0.493 e. The molecule has 0 aromatic heterocycles. The fourth-order valence-corrected chi connectivity index (χ4v) is 4.27. The number of rotatable bonds is 6. The van der Waals surface area contributed by atoms with Crippen LogP contribution in [0.4, 0.5) is 0 Å². The molecular formula is C20H28N2O4. The molecule has 6 heteroatoms. The van der Waals surface area contributed by atoms with E-state index in [2.05, 4.69) is 10.9 Å². The molecule has 6 nitrogen and oxygen atoms in total. The second kappa shape index (κ2) is 7.98. The summed E-state index contributed by atoms with van der Waals surface area (Å²) in [7, 11) is 1.53. The molecule has 26 heavy (non-hydrogen) atoms. The summed E-state index contributed by atoms with van der Waals surface area (Å²) in [5.41, 5.74) is 5.44. The maximum Gasteiger partial charge on any atom is 0.269 e. The first-order valence-electron chi connectivity index (χ1n) is 9.40. The molecule has 2 aliphatic carbocycles. The number of amides is 2. The van der Waals surface area contributed by atoms with Crippen molar-refractivity contribution < 1.29 is 19.1 Å². The first-order chi connectivity index (χ1) is 12.5. The van der Waals surface area contributed by atoms with E-state index in [1.807, 2.05) is 13.8 Å². The Hall–Kier alpha value is -2.24. The minimum absolute atomic E-state index is 0.00807. The van der Waals surface area contributed by atoms with E-state index in [0.717, 1.165) is 12.3 Å². The number of hydrogen-bond acceptors (Lipinski definition) is 4. The largest absolute Gasteiger partial charge is 0.493 e. The van der Waals surface area contributed by atoms with Crippen LogP contribution in [0.3, 0.4) is 0 Å². The molecule has 3 atom stereocenters. The average Bonchev–Trinajstić information content (AvgIpc) is 3.22. The summed E-state index contributed by atoms with van der Waals surface area (Å²) >= 11 is 0. The molecule has 1 aromatic rings. The molecule has 2 aliphatic rings. The van der Waals surface area contributed by atoms with Gasteiger partial charge in [-0.05, 0) is 69.1 Å². The molecule has 1 aromatic carbocycles. The van der Waals surface area contributed by atoms with E-state index in [-0.39, 0.29) is 17.9 Å². The lowest BCUT2D eigenvalue weighted by molar-refractivity contribution is -0.123. The molecule has 0 radical (unpaired) electrons. The topological polar surface area (TPSA) is 76.7 Å². The number of fused-ring (bicyclic) bond motifs is 2. The molecule has 2 N–H and O–H groups in total. The van der Waals surface area contributed by atoms with Crippen molar-refractivity contribution in [2.75, 3.05) is 7.11 Å². The summed E-state index contributed by atoms with van der Waals surface area (Å²) < 4.78 is 10.9. The van der Waals surface area contributed by atoms with Crippen molar-refractivity contribution in [1.29, 1.82) is 0 Å². The highest BCUT2D eigenvalue weighted by Crippen LogP contribution is 2.49. The first kappa shape index (κ1) is 18.5. The van der Waals surface area contributed by atoms with Crippen LogP contribution in [0, 0.1) is 17.8 Å². The van der Waals surface area contributed by atoms with E-state index in [0.29, 0.717) is 35.3 Å². The van der Waals surface area contributed by atoms with Gasteiger partial charge in [0.2, 0.25) is 5.91 Å². The summed E-state index contributed by atoms with van der Waals surface area (Å²) in [5, 5.41) is 0. The fraction of sp³-hybridized carbons (Fsp3) is 0.600. The van der Waals surface area contributed by atoms with Crippen LogP contribution in [0.5, 0.6) is 11.5 Å². The van der Waals surface area contributed by atoms with Gasteiger partial charge in [-0.2, -0.15) is 0 Å². The Kier molecular flexibility index (Phi) is 5.69. The molecule has 142 valence electrons. The Labute approximate surface area is 154 Å². The van der Waals surface area contributed by atoms with Gasteiger partial charge in [-0.1, -0.05) is 6.42 Å². The molecule has 0 unspecified atom stereocenters. The van der Waals surface area contributed by atoms with E-state index in [9.17, 15) is 9.59 Å². The van der Waals surface area contributed by atoms with E-state index in [4.69, 9.17) is 9.47 Å². The molecule has 3 rings (SSSR count). The van der Waals surface area contributed by atoms with Crippen LogP contribution in [0.25, 0.3) is 0 Å². The molecular weight excluding hydrogens is 332 g/mol. The zero-order chi connectivity index (χ0) is 18.7. The number of carbonyl (C=O) groups is 2. The van der Waals surface area contributed by atoms with E-state index in [1.54, 1.807) is 18.2 Å².